The predicted octanol–water partition coefficient (Wildman–Crippen LogP) is 0.993. The van der Waals surface area contributed by atoms with Crippen LogP contribution in [0.25, 0.3) is 0 Å². The Labute approximate surface area is 115 Å². The van der Waals surface area contributed by atoms with Crippen molar-refractivity contribution in [1.82, 2.24) is 0 Å². The van der Waals surface area contributed by atoms with Crippen LogP contribution in [0, 0.1) is 10.1 Å². The average molecular weight is 303 g/mol. The fourth-order valence-corrected chi connectivity index (χ4v) is 2.82. The average Bonchev–Trinajstić information content (AvgIpc) is 2.35. The maximum absolute atomic E-state index is 11.7. The van der Waals surface area contributed by atoms with Crippen LogP contribution in [0.2, 0.25) is 0 Å². The molecule has 0 aliphatic heterocycles. The van der Waals surface area contributed by atoms with Gasteiger partial charge in [-0.1, -0.05) is 0 Å². The van der Waals surface area contributed by atoms with Gasteiger partial charge in [0.15, 0.2) is 9.84 Å². The zero-order valence-corrected chi connectivity index (χ0v) is 11.4. The minimum atomic E-state index is -3.66. The summed E-state index contributed by atoms with van der Waals surface area (Å²) in [7, 11) is -2.35. The molecule has 1 aromatic carbocycles. The van der Waals surface area contributed by atoms with Gasteiger partial charge in [-0.3, -0.25) is 14.9 Å². The first-order valence-corrected chi connectivity index (χ1v) is 7.30. The second kappa shape index (κ2) is 6.33. The molecule has 0 spiro atoms. The molecular weight excluding hydrogens is 290 g/mol. The van der Waals surface area contributed by atoms with Crippen LogP contribution in [-0.4, -0.2) is 37.3 Å². The molecular formula is C11H13NO7S. The van der Waals surface area contributed by atoms with E-state index in [0.29, 0.717) is 0 Å². The summed E-state index contributed by atoms with van der Waals surface area (Å²) in [5.74, 6) is -2.04. The standard InChI is InChI=1S/C11H13NO7S/c1-19-10-5-8(4-9(6-10)12(15)16)7-20(17,18)3-2-11(13)14/h4-6H,2-3,7H2,1H3,(H,13,14). The number of carboxylic acids is 1. The van der Waals surface area contributed by atoms with Crippen molar-refractivity contribution in [3.05, 3.63) is 33.9 Å². The summed E-state index contributed by atoms with van der Waals surface area (Å²) < 4.78 is 28.3. The summed E-state index contributed by atoms with van der Waals surface area (Å²) in [6.07, 6.45) is -0.506. The Morgan fingerprint density at radius 3 is 2.55 bits per heavy atom. The monoisotopic (exact) mass is 303 g/mol. The first-order chi connectivity index (χ1) is 9.23. The fraction of sp³-hybridized carbons (Fsp3) is 0.364. The molecule has 0 saturated heterocycles. The summed E-state index contributed by atoms with van der Waals surface area (Å²) in [6, 6.07) is 3.67. The second-order valence-electron chi connectivity index (χ2n) is 4.03. The number of hydrogen-bond donors (Lipinski definition) is 1. The number of sulfone groups is 1. The maximum atomic E-state index is 11.7. The molecule has 0 bridgehead atoms. The Kier molecular flexibility index (Phi) is 5.03. The van der Waals surface area contributed by atoms with E-state index >= 15 is 0 Å². The van der Waals surface area contributed by atoms with Gasteiger partial charge < -0.3 is 9.84 Å². The van der Waals surface area contributed by atoms with Gasteiger partial charge in [-0.15, -0.1) is 0 Å². The van der Waals surface area contributed by atoms with E-state index < -0.39 is 38.7 Å². The van der Waals surface area contributed by atoms with E-state index in [9.17, 15) is 23.3 Å². The summed E-state index contributed by atoms with van der Waals surface area (Å²) in [6.45, 7) is 0. The van der Waals surface area contributed by atoms with Crippen LogP contribution in [0.4, 0.5) is 5.69 Å². The van der Waals surface area contributed by atoms with Gasteiger partial charge in [0.05, 0.1) is 36.0 Å². The largest absolute Gasteiger partial charge is 0.496 e. The molecule has 8 nitrogen and oxygen atoms in total. The van der Waals surface area contributed by atoms with Gasteiger partial charge in [-0.05, 0) is 11.6 Å². The van der Waals surface area contributed by atoms with E-state index in [1.54, 1.807) is 0 Å². The Balaban J connectivity index is 2.99. The van der Waals surface area contributed by atoms with E-state index in [2.05, 4.69) is 0 Å². The van der Waals surface area contributed by atoms with Crippen molar-refractivity contribution in [3.63, 3.8) is 0 Å². The zero-order chi connectivity index (χ0) is 15.3. The Morgan fingerprint density at radius 1 is 1.40 bits per heavy atom. The number of hydrogen-bond acceptors (Lipinski definition) is 6. The highest BCUT2D eigenvalue weighted by molar-refractivity contribution is 7.90. The molecule has 1 N–H and O–H groups in total. The number of nitro benzene ring substituents is 1. The summed E-state index contributed by atoms with van der Waals surface area (Å²) in [5, 5.41) is 19.2. The SMILES string of the molecule is COc1cc(CS(=O)(=O)CCC(=O)O)cc([N+](=O)[O-])c1. The lowest BCUT2D eigenvalue weighted by Crippen LogP contribution is -2.13. The number of non-ortho nitro benzene ring substituents is 1. The third kappa shape index (κ3) is 4.84. The smallest absolute Gasteiger partial charge is 0.304 e. The van der Waals surface area contributed by atoms with Gasteiger partial charge in [-0.25, -0.2) is 8.42 Å². The van der Waals surface area contributed by atoms with Crippen LogP contribution in [0.5, 0.6) is 5.75 Å². The number of carboxylic acid groups (broad SMARTS) is 1. The molecule has 0 fully saturated rings. The molecule has 0 aliphatic carbocycles. The maximum Gasteiger partial charge on any atom is 0.304 e. The lowest BCUT2D eigenvalue weighted by molar-refractivity contribution is -0.385. The molecule has 0 amide bonds. The molecule has 20 heavy (non-hydrogen) atoms. The predicted molar refractivity (Wildman–Crippen MR) is 69.4 cm³/mol. The number of nitrogens with zero attached hydrogens (tertiary/aromatic N) is 1. The molecule has 0 aliphatic rings. The van der Waals surface area contributed by atoms with Crippen LogP contribution in [-0.2, 0) is 20.4 Å². The van der Waals surface area contributed by atoms with Crippen LogP contribution < -0.4 is 4.74 Å². The number of benzene rings is 1. The highest BCUT2D eigenvalue weighted by atomic mass is 32.2. The molecule has 0 aromatic heterocycles. The molecule has 0 saturated carbocycles. The number of carbonyl (C=O) groups is 1. The topological polar surface area (TPSA) is 124 Å². The van der Waals surface area contributed by atoms with Crippen molar-refractivity contribution in [2.75, 3.05) is 12.9 Å². The van der Waals surface area contributed by atoms with Crippen molar-refractivity contribution < 1.29 is 28.0 Å². The van der Waals surface area contributed by atoms with Gasteiger partial charge in [-0.2, -0.15) is 0 Å². The highest BCUT2D eigenvalue weighted by Gasteiger charge is 2.17. The minimum Gasteiger partial charge on any atom is -0.496 e. The van der Waals surface area contributed by atoms with Crippen LogP contribution >= 0.6 is 0 Å². The van der Waals surface area contributed by atoms with E-state index in [0.717, 1.165) is 6.07 Å². The number of rotatable bonds is 7. The molecule has 110 valence electrons. The van der Waals surface area contributed by atoms with Crippen LogP contribution in [0.15, 0.2) is 18.2 Å². The third-order valence-electron chi connectivity index (χ3n) is 2.41. The number of ether oxygens (including phenoxy) is 1. The summed E-state index contributed by atoms with van der Waals surface area (Å²) in [4.78, 5) is 20.4. The number of methoxy groups -OCH3 is 1. The van der Waals surface area contributed by atoms with Crippen LogP contribution in [0.3, 0.4) is 0 Å². The molecule has 0 radical (unpaired) electrons. The molecule has 0 atom stereocenters. The second-order valence-corrected chi connectivity index (χ2v) is 6.22. The lowest BCUT2D eigenvalue weighted by atomic mass is 10.2. The van der Waals surface area contributed by atoms with Crippen molar-refractivity contribution >= 4 is 21.5 Å². The molecule has 9 heteroatoms. The first-order valence-electron chi connectivity index (χ1n) is 5.48. The molecule has 0 heterocycles. The van der Waals surface area contributed by atoms with Crippen molar-refractivity contribution in [1.29, 1.82) is 0 Å². The summed E-state index contributed by atoms with van der Waals surface area (Å²) >= 11 is 0. The minimum absolute atomic E-state index is 0.169. The van der Waals surface area contributed by atoms with Crippen molar-refractivity contribution in [2.24, 2.45) is 0 Å². The first kappa shape index (κ1) is 15.9. The van der Waals surface area contributed by atoms with E-state index in [1.165, 1.54) is 19.2 Å². The van der Waals surface area contributed by atoms with E-state index in [-0.39, 0.29) is 17.0 Å². The number of aliphatic carboxylic acids is 1. The lowest BCUT2D eigenvalue weighted by Gasteiger charge is -2.06. The quantitative estimate of drug-likeness (QED) is 0.588. The fourth-order valence-electron chi connectivity index (χ4n) is 1.52. The van der Waals surface area contributed by atoms with Gasteiger partial charge in [0.25, 0.3) is 5.69 Å². The normalized spacial score (nSPS) is 11.1. The number of nitro groups is 1. The highest BCUT2D eigenvalue weighted by Crippen LogP contribution is 2.24. The van der Waals surface area contributed by atoms with Crippen molar-refractivity contribution in [2.45, 2.75) is 12.2 Å². The van der Waals surface area contributed by atoms with E-state index in [4.69, 9.17) is 9.84 Å². The molecule has 1 rings (SSSR count). The van der Waals surface area contributed by atoms with Crippen molar-refractivity contribution in [3.8, 4) is 5.75 Å². The van der Waals surface area contributed by atoms with Gasteiger partial charge in [0, 0.05) is 6.07 Å². The Morgan fingerprint density at radius 2 is 2.05 bits per heavy atom. The van der Waals surface area contributed by atoms with Gasteiger partial charge in [0.1, 0.15) is 5.75 Å². The molecule has 0 unspecified atom stereocenters. The molecule has 1 aromatic rings. The third-order valence-corrected chi connectivity index (χ3v) is 4.01. The van der Waals surface area contributed by atoms with Gasteiger partial charge in [0.2, 0.25) is 0 Å². The van der Waals surface area contributed by atoms with Crippen LogP contribution in [0.1, 0.15) is 12.0 Å². The summed E-state index contributed by atoms with van der Waals surface area (Å²) in [5.41, 5.74) is -0.103. The Bertz CT molecular complexity index is 624. The zero-order valence-electron chi connectivity index (χ0n) is 10.6. The van der Waals surface area contributed by atoms with Gasteiger partial charge >= 0.3 is 5.97 Å². The Hall–Kier alpha value is -2.16. The van der Waals surface area contributed by atoms with E-state index in [1.807, 2.05) is 0 Å².